The molecule has 0 unspecified atom stereocenters. The highest BCUT2D eigenvalue weighted by atomic mass is 35.5. The number of benzene rings is 2. The number of hydrogen-bond acceptors (Lipinski definition) is 5. The third-order valence-corrected chi connectivity index (χ3v) is 4.07. The van der Waals surface area contributed by atoms with Crippen LogP contribution in [0.5, 0.6) is 17.2 Å². The second-order valence-electron chi connectivity index (χ2n) is 5.29. The minimum atomic E-state index is -0.420. The summed E-state index contributed by atoms with van der Waals surface area (Å²) in [5, 5.41) is 3.68. The number of halogens is 1. The lowest BCUT2D eigenvalue weighted by Crippen LogP contribution is -2.46. The van der Waals surface area contributed by atoms with Gasteiger partial charge in [-0.15, -0.1) is 0 Å². The molecule has 1 aliphatic heterocycles. The number of hydrogen-bond donors (Lipinski definition) is 3. The Labute approximate surface area is 160 Å². The van der Waals surface area contributed by atoms with E-state index < -0.39 is 5.91 Å². The van der Waals surface area contributed by atoms with E-state index in [0.29, 0.717) is 28.6 Å². The molecule has 0 saturated carbocycles. The lowest BCUT2D eigenvalue weighted by Gasteiger charge is -2.13. The monoisotopic (exact) mass is 393 g/mol. The third-order valence-electron chi connectivity index (χ3n) is 3.59. The first-order chi connectivity index (χ1) is 12.6. The van der Waals surface area contributed by atoms with Gasteiger partial charge in [-0.1, -0.05) is 17.7 Å². The first kappa shape index (κ1) is 18.1. The number of carbonyl (C=O) groups is 1. The van der Waals surface area contributed by atoms with Gasteiger partial charge in [0.1, 0.15) is 5.75 Å². The van der Waals surface area contributed by atoms with Gasteiger partial charge in [0.15, 0.2) is 16.6 Å². The fourth-order valence-corrected chi connectivity index (χ4v) is 2.61. The normalized spacial score (nSPS) is 11.6. The van der Waals surface area contributed by atoms with Crippen molar-refractivity contribution in [3.63, 3.8) is 0 Å². The van der Waals surface area contributed by atoms with Crippen LogP contribution in [0.1, 0.15) is 15.9 Å². The van der Waals surface area contributed by atoms with Crippen LogP contribution in [0.25, 0.3) is 0 Å². The van der Waals surface area contributed by atoms with Crippen LogP contribution in [0.3, 0.4) is 0 Å². The maximum atomic E-state index is 12.3. The Morgan fingerprint density at radius 2 is 2.00 bits per heavy atom. The highest BCUT2D eigenvalue weighted by Gasteiger charge is 2.14. The van der Waals surface area contributed by atoms with Gasteiger partial charge in [-0.05, 0) is 48.1 Å². The second-order valence-corrected chi connectivity index (χ2v) is 6.14. The molecular weight excluding hydrogens is 378 g/mol. The van der Waals surface area contributed by atoms with E-state index in [0.717, 1.165) is 11.3 Å². The van der Waals surface area contributed by atoms with Crippen LogP contribution in [-0.2, 0) is 6.54 Å². The number of nitrogens with one attached hydrogen (secondary N) is 3. The van der Waals surface area contributed by atoms with E-state index in [1.807, 2.05) is 18.2 Å². The van der Waals surface area contributed by atoms with Crippen LogP contribution in [0.2, 0.25) is 5.02 Å². The summed E-state index contributed by atoms with van der Waals surface area (Å²) in [5.41, 5.74) is 6.40. The van der Waals surface area contributed by atoms with Crippen molar-refractivity contribution in [2.75, 3.05) is 13.9 Å². The summed E-state index contributed by atoms with van der Waals surface area (Å²) in [6, 6.07) is 10.4. The quantitative estimate of drug-likeness (QED) is 0.543. The molecule has 0 spiro atoms. The van der Waals surface area contributed by atoms with E-state index >= 15 is 0 Å². The van der Waals surface area contributed by atoms with Crippen LogP contribution in [0, 0.1) is 0 Å². The van der Waals surface area contributed by atoms with E-state index in [4.69, 9.17) is 38.0 Å². The number of methoxy groups -OCH3 is 1. The fraction of sp³-hybridized carbons (Fsp3) is 0.176. The SMILES string of the molecule is COc1ccc(Cl)cc1C(=O)NNC(=S)NCc1ccc2c(c1)OCO2. The Hall–Kier alpha value is -2.71. The molecule has 0 aliphatic carbocycles. The van der Waals surface area contributed by atoms with Crippen molar-refractivity contribution < 1.29 is 19.0 Å². The highest BCUT2D eigenvalue weighted by molar-refractivity contribution is 7.80. The minimum Gasteiger partial charge on any atom is -0.496 e. The molecule has 0 fully saturated rings. The Kier molecular flexibility index (Phi) is 5.65. The molecule has 3 N–H and O–H groups in total. The average Bonchev–Trinajstić information content (AvgIpc) is 3.12. The van der Waals surface area contributed by atoms with Crippen molar-refractivity contribution in [2.24, 2.45) is 0 Å². The molecule has 0 bridgehead atoms. The van der Waals surface area contributed by atoms with Crippen LogP contribution in [0.4, 0.5) is 0 Å². The summed E-state index contributed by atoms with van der Waals surface area (Å²) in [7, 11) is 1.48. The van der Waals surface area contributed by atoms with E-state index in [1.54, 1.807) is 12.1 Å². The van der Waals surface area contributed by atoms with Gasteiger partial charge in [0.25, 0.3) is 5.91 Å². The topological polar surface area (TPSA) is 80.9 Å². The summed E-state index contributed by atoms with van der Waals surface area (Å²) in [6.07, 6.45) is 0. The maximum absolute atomic E-state index is 12.3. The van der Waals surface area contributed by atoms with Gasteiger partial charge < -0.3 is 19.5 Å². The summed E-state index contributed by atoms with van der Waals surface area (Å²) < 4.78 is 15.7. The standard InChI is InChI=1S/C17H16ClN3O4S/c1-23-13-5-3-11(18)7-12(13)16(22)20-21-17(26)19-8-10-2-4-14-15(6-10)25-9-24-14/h2-7H,8-9H2,1H3,(H,20,22)(H2,19,21,26). The maximum Gasteiger partial charge on any atom is 0.273 e. The lowest BCUT2D eigenvalue weighted by atomic mass is 10.2. The zero-order valence-corrected chi connectivity index (χ0v) is 15.4. The number of thiocarbonyl (C=S) groups is 1. The minimum absolute atomic E-state index is 0.227. The molecule has 1 amide bonds. The Morgan fingerprint density at radius 1 is 1.19 bits per heavy atom. The number of ether oxygens (including phenoxy) is 3. The number of carbonyl (C=O) groups excluding carboxylic acids is 1. The molecule has 7 nitrogen and oxygen atoms in total. The van der Waals surface area contributed by atoms with Crippen molar-refractivity contribution in [3.05, 3.63) is 52.5 Å². The van der Waals surface area contributed by atoms with Gasteiger partial charge in [-0.2, -0.15) is 0 Å². The van der Waals surface area contributed by atoms with Crippen molar-refractivity contribution in [1.29, 1.82) is 0 Å². The first-order valence-electron chi connectivity index (χ1n) is 7.63. The predicted molar refractivity (Wildman–Crippen MR) is 101 cm³/mol. The molecule has 26 heavy (non-hydrogen) atoms. The van der Waals surface area contributed by atoms with Crippen LogP contribution < -0.4 is 30.4 Å². The Balaban J connectivity index is 1.51. The largest absolute Gasteiger partial charge is 0.496 e. The van der Waals surface area contributed by atoms with Gasteiger partial charge in [-0.25, -0.2) is 0 Å². The molecule has 0 aromatic heterocycles. The van der Waals surface area contributed by atoms with Gasteiger partial charge in [-0.3, -0.25) is 15.6 Å². The van der Waals surface area contributed by atoms with Gasteiger partial charge in [0.2, 0.25) is 6.79 Å². The van der Waals surface area contributed by atoms with E-state index in [1.165, 1.54) is 13.2 Å². The third kappa shape index (κ3) is 4.27. The molecule has 1 aliphatic rings. The molecule has 136 valence electrons. The molecule has 3 rings (SSSR count). The molecule has 0 atom stereocenters. The zero-order chi connectivity index (χ0) is 18.5. The summed E-state index contributed by atoms with van der Waals surface area (Å²) >= 11 is 11.1. The lowest BCUT2D eigenvalue weighted by molar-refractivity contribution is 0.0940. The van der Waals surface area contributed by atoms with Crippen molar-refractivity contribution in [3.8, 4) is 17.2 Å². The summed E-state index contributed by atoms with van der Waals surface area (Å²) in [4.78, 5) is 12.3. The Bertz CT molecular complexity index is 847. The summed E-state index contributed by atoms with van der Waals surface area (Å²) in [5.74, 6) is 1.41. The Morgan fingerprint density at radius 3 is 2.81 bits per heavy atom. The predicted octanol–water partition coefficient (Wildman–Crippen LogP) is 2.39. The van der Waals surface area contributed by atoms with Crippen LogP contribution in [0.15, 0.2) is 36.4 Å². The van der Waals surface area contributed by atoms with Gasteiger partial charge in [0, 0.05) is 11.6 Å². The molecule has 0 radical (unpaired) electrons. The number of amides is 1. The van der Waals surface area contributed by atoms with E-state index in [2.05, 4.69) is 16.2 Å². The second kappa shape index (κ2) is 8.11. The van der Waals surface area contributed by atoms with Crippen molar-refractivity contribution in [2.45, 2.75) is 6.54 Å². The number of fused-ring (bicyclic) bond motifs is 1. The fourth-order valence-electron chi connectivity index (χ4n) is 2.32. The number of rotatable bonds is 4. The van der Waals surface area contributed by atoms with Gasteiger partial charge >= 0.3 is 0 Å². The molecule has 1 heterocycles. The summed E-state index contributed by atoms with van der Waals surface area (Å²) in [6.45, 7) is 0.685. The molecule has 2 aromatic carbocycles. The highest BCUT2D eigenvalue weighted by Crippen LogP contribution is 2.32. The molecular formula is C17H16ClN3O4S. The molecule has 0 saturated heterocycles. The van der Waals surface area contributed by atoms with E-state index in [9.17, 15) is 4.79 Å². The molecule has 9 heteroatoms. The van der Waals surface area contributed by atoms with Crippen LogP contribution in [-0.4, -0.2) is 24.9 Å². The van der Waals surface area contributed by atoms with Crippen molar-refractivity contribution >= 4 is 34.8 Å². The zero-order valence-electron chi connectivity index (χ0n) is 13.8. The van der Waals surface area contributed by atoms with E-state index in [-0.39, 0.29) is 11.9 Å². The smallest absolute Gasteiger partial charge is 0.273 e. The molecule has 2 aromatic rings. The van der Waals surface area contributed by atoms with Crippen LogP contribution >= 0.6 is 23.8 Å². The first-order valence-corrected chi connectivity index (χ1v) is 8.41. The van der Waals surface area contributed by atoms with Gasteiger partial charge in [0.05, 0.1) is 12.7 Å². The van der Waals surface area contributed by atoms with Crippen molar-refractivity contribution in [1.82, 2.24) is 16.2 Å². The average molecular weight is 394 g/mol. The number of hydrazine groups is 1.